The molecule has 1 unspecified atom stereocenters. The number of carbonyl (C=O) groups is 1. The highest BCUT2D eigenvalue weighted by atomic mass is 19.2. The second-order valence-electron chi connectivity index (χ2n) is 4.68. The fraction of sp³-hybridized carbons (Fsp3) is 0.462. The van der Waals surface area contributed by atoms with E-state index in [0.717, 1.165) is 25.5 Å². The van der Waals surface area contributed by atoms with Crippen LogP contribution in [0.25, 0.3) is 0 Å². The summed E-state index contributed by atoms with van der Waals surface area (Å²) in [5.41, 5.74) is -0.455. The van der Waals surface area contributed by atoms with Crippen LogP contribution >= 0.6 is 0 Å². The lowest BCUT2D eigenvalue weighted by molar-refractivity contribution is -0.123. The highest BCUT2D eigenvalue weighted by Crippen LogP contribution is 2.22. The van der Waals surface area contributed by atoms with E-state index in [4.69, 9.17) is 0 Å². The average Bonchev–Trinajstić information content (AvgIpc) is 2.73. The van der Waals surface area contributed by atoms with Crippen LogP contribution < -0.4 is 5.32 Å². The molecule has 0 aliphatic carbocycles. The molecule has 1 aromatic carbocycles. The molecule has 1 atom stereocenters. The summed E-state index contributed by atoms with van der Waals surface area (Å²) in [4.78, 5) is 12.0. The zero-order valence-corrected chi connectivity index (χ0v) is 9.72. The Morgan fingerprint density at radius 3 is 2.88 bits per heavy atom. The topological polar surface area (TPSA) is 29.1 Å². The van der Waals surface area contributed by atoms with Crippen LogP contribution in [0.3, 0.4) is 0 Å². The van der Waals surface area contributed by atoms with Crippen LogP contribution in [0.2, 0.25) is 0 Å². The van der Waals surface area contributed by atoms with Gasteiger partial charge in [0.1, 0.15) is 0 Å². The Hall–Kier alpha value is -1.29. The normalized spacial score (nSPS) is 23.9. The molecule has 0 radical (unpaired) electrons. The van der Waals surface area contributed by atoms with Gasteiger partial charge in [-0.3, -0.25) is 4.79 Å². The van der Waals surface area contributed by atoms with Crippen molar-refractivity contribution in [2.24, 2.45) is 0 Å². The SMILES string of the molecule is CC1(C(=O)Cc2cccc(F)c2F)CCCN1. The molecule has 1 saturated heterocycles. The Labute approximate surface area is 99.0 Å². The Morgan fingerprint density at radius 2 is 2.24 bits per heavy atom. The maximum absolute atomic E-state index is 13.4. The molecule has 0 amide bonds. The molecule has 4 heteroatoms. The minimum Gasteiger partial charge on any atom is -0.305 e. The number of ketones is 1. The molecule has 2 rings (SSSR count). The van der Waals surface area contributed by atoms with Crippen LogP contribution in [-0.2, 0) is 11.2 Å². The zero-order chi connectivity index (χ0) is 12.5. The Bertz CT molecular complexity index is 439. The summed E-state index contributed by atoms with van der Waals surface area (Å²) in [6.07, 6.45) is 1.63. The number of hydrogen-bond acceptors (Lipinski definition) is 2. The average molecular weight is 239 g/mol. The Balaban J connectivity index is 2.16. The molecule has 1 heterocycles. The van der Waals surface area contributed by atoms with Crippen molar-refractivity contribution in [1.29, 1.82) is 0 Å². The first kappa shape index (κ1) is 12.2. The third-order valence-corrected chi connectivity index (χ3v) is 3.37. The lowest BCUT2D eigenvalue weighted by atomic mass is 9.90. The van der Waals surface area contributed by atoms with Crippen molar-refractivity contribution in [3.05, 3.63) is 35.4 Å². The fourth-order valence-corrected chi connectivity index (χ4v) is 2.19. The van der Waals surface area contributed by atoms with Gasteiger partial charge in [0.25, 0.3) is 0 Å². The first-order valence-corrected chi connectivity index (χ1v) is 5.74. The molecule has 2 nitrogen and oxygen atoms in total. The molecule has 17 heavy (non-hydrogen) atoms. The van der Waals surface area contributed by atoms with Crippen molar-refractivity contribution in [2.75, 3.05) is 6.54 Å². The van der Waals surface area contributed by atoms with Gasteiger partial charge in [-0.15, -0.1) is 0 Å². The highest BCUT2D eigenvalue weighted by molar-refractivity contribution is 5.90. The van der Waals surface area contributed by atoms with Crippen molar-refractivity contribution in [3.8, 4) is 0 Å². The molecule has 0 saturated carbocycles. The number of Topliss-reactive ketones (excluding diaryl/α,β-unsaturated/α-hetero) is 1. The number of carbonyl (C=O) groups excluding carboxylic acids is 1. The second-order valence-corrected chi connectivity index (χ2v) is 4.68. The van der Waals surface area contributed by atoms with Gasteiger partial charge < -0.3 is 5.32 Å². The number of nitrogens with one attached hydrogen (secondary N) is 1. The Morgan fingerprint density at radius 1 is 1.47 bits per heavy atom. The molecule has 1 aliphatic rings. The minimum atomic E-state index is -0.914. The third-order valence-electron chi connectivity index (χ3n) is 3.37. The van der Waals surface area contributed by atoms with Crippen molar-refractivity contribution in [1.82, 2.24) is 5.32 Å². The summed E-state index contributed by atoms with van der Waals surface area (Å²) >= 11 is 0. The van der Waals surface area contributed by atoms with E-state index >= 15 is 0 Å². The number of halogens is 2. The van der Waals surface area contributed by atoms with Gasteiger partial charge in [0.2, 0.25) is 0 Å². The number of benzene rings is 1. The number of rotatable bonds is 3. The maximum Gasteiger partial charge on any atom is 0.162 e. The molecule has 0 bridgehead atoms. The molecule has 1 fully saturated rings. The third kappa shape index (κ3) is 2.36. The monoisotopic (exact) mass is 239 g/mol. The van der Waals surface area contributed by atoms with E-state index in [9.17, 15) is 13.6 Å². The van der Waals surface area contributed by atoms with E-state index < -0.39 is 17.2 Å². The zero-order valence-electron chi connectivity index (χ0n) is 9.72. The second kappa shape index (κ2) is 4.53. The van der Waals surface area contributed by atoms with Crippen molar-refractivity contribution < 1.29 is 13.6 Å². The summed E-state index contributed by atoms with van der Waals surface area (Å²) in [5.74, 6) is -1.90. The largest absolute Gasteiger partial charge is 0.305 e. The molecule has 92 valence electrons. The van der Waals surface area contributed by atoms with E-state index in [1.54, 1.807) is 0 Å². The van der Waals surface area contributed by atoms with E-state index in [1.807, 2.05) is 6.92 Å². The minimum absolute atomic E-state index is 0.0624. The van der Waals surface area contributed by atoms with Gasteiger partial charge in [-0.1, -0.05) is 12.1 Å². The van der Waals surface area contributed by atoms with E-state index in [2.05, 4.69) is 5.32 Å². The quantitative estimate of drug-likeness (QED) is 0.876. The van der Waals surface area contributed by atoms with Crippen LogP contribution in [0.5, 0.6) is 0 Å². The summed E-state index contributed by atoms with van der Waals surface area (Å²) in [7, 11) is 0. The van der Waals surface area contributed by atoms with Crippen LogP contribution in [0, 0.1) is 11.6 Å². The van der Waals surface area contributed by atoms with Gasteiger partial charge in [-0.2, -0.15) is 0 Å². The summed E-state index contributed by atoms with van der Waals surface area (Å²) in [6.45, 7) is 2.62. The molecular formula is C13H15F2NO. The summed E-state index contributed by atoms with van der Waals surface area (Å²) < 4.78 is 26.4. The van der Waals surface area contributed by atoms with Crippen molar-refractivity contribution in [3.63, 3.8) is 0 Å². The van der Waals surface area contributed by atoms with Crippen molar-refractivity contribution in [2.45, 2.75) is 31.7 Å². The van der Waals surface area contributed by atoms with Gasteiger partial charge in [0.15, 0.2) is 17.4 Å². The molecular weight excluding hydrogens is 224 g/mol. The van der Waals surface area contributed by atoms with Crippen LogP contribution in [0.15, 0.2) is 18.2 Å². The molecule has 1 N–H and O–H groups in total. The first-order valence-electron chi connectivity index (χ1n) is 5.74. The lowest BCUT2D eigenvalue weighted by Gasteiger charge is -2.22. The van der Waals surface area contributed by atoms with E-state index in [-0.39, 0.29) is 17.8 Å². The predicted molar refractivity (Wildman–Crippen MR) is 60.7 cm³/mol. The van der Waals surface area contributed by atoms with Crippen molar-refractivity contribution >= 4 is 5.78 Å². The van der Waals surface area contributed by atoms with Gasteiger partial charge in [0, 0.05) is 6.42 Å². The van der Waals surface area contributed by atoms with Gasteiger partial charge in [-0.05, 0) is 37.9 Å². The highest BCUT2D eigenvalue weighted by Gasteiger charge is 2.35. The first-order chi connectivity index (χ1) is 8.03. The van der Waals surface area contributed by atoms with Crippen LogP contribution in [0.4, 0.5) is 8.78 Å². The molecule has 1 aliphatic heterocycles. The van der Waals surface area contributed by atoms with Gasteiger partial charge >= 0.3 is 0 Å². The summed E-state index contributed by atoms with van der Waals surface area (Å²) in [5, 5.41) is 3.12. The molecule has 1 aromatic rings. The Kier molecular flexibility index (Phi) is 3.24. The standard InChI is InChI=1S/C13H15F2NO/c1-13(6-3-7-16-13)11(17)8-9-4-2-5-10(14)12(9)15/h2,4-5,16H,3,6-8H2,1H3. The maximum atomic E-state index is 13.4. The fourth-order valence-electron chi connectivity index (χ4n) is 2.19. The smallest absolute Gasteiger partial charge is 0.162 e. The predicted octanol–water partition coefficient (Wildman–Crippen LogP) is 2.22. The van der Waals surface area contributed by atoms with Gasteiger partial charge in [0.05, 0.1) is 5.54 Å². The van der Waals surface area contributed by atoms with E-state index in [0.29, 0.717) is 0 Å². The molecule has 0 spiro atoms. The van der Waals surface area contributed by atoms with Crippen LogP contribution in [0.1, 0.15) is 25.3 Å². The van der Waals surface area contributed by atoms with Gasteiger partial charge in [-0.25, -0.2) is 8.78 Å². The van der Waals surface area contributed by atoms with Crippen LogP contribution in [-0.4, -0.2) is 17.9 Å². The molecule has 0 aromatic heterocycles. The van der Waals surface area contributed by atoms with E-state index in [1.165, 1.54) is 12.1 Å². The summed E-state index contributed by atoms with van der Waals surface area (Å²) in [6, 6.07) is 3.93. The number of hydrogen-bond donors (Lipinski definition) is 1. The lowest BCUT2D eigenvalue weighted by Crippen LogP contribution is -2.45.